The summed E-state index contributed by atoms with van der Waals surface area (Å²) < 4.78 is 31.1. The number of benzene rings is 2. The number of pyridine rings is 2. The molecule has 2 aromatic carbocycles. The number of fused-ring (bicyclic) bond motifs is 6. The molecule has 6 aromatic heterocycles. The van der Waals surface area contributed by atoms with Crippen LogP contribution >= 0.6 is 0 Å². The molecule has 6 N–H and O–H groups in total. The van der Waals surface area contributed by atoms with Crippen LogP contribution in [0.1, 0.15) is 97.8 Å². The summed E-state index contributed by atoms with van der Waals surface area (Å²) in [5.74, 6) is 1.07. The number of nitrogens with zero attached hydrogens (tertiary/aromatic N) is 10. The monoisotopic (exact) mass is 882 g/mol. The number of halogens is 2. The molecule has 16 heteroatoms. The van der Waals surface area contributed by atoms with Crippen molar-refractivity contribution >= 4 is 34.3 Å². The van der Waals surface area contributed by atoms with Crippen LogP contribution in [0.25, 0.3) is 45.2 Å². The van der Waals surface area contributed by atoms with Gasteiger partial charge in [0.15, 0.2) is 22.9 Å². The quantitative estimate of drug-likeness (QED) is 0.114. The Kier molecular flexibility index (Phi) is 10.6. The fourth-order valence-corrected chi connectivity index (χ4v) is 9.93. The predicted octanol–water partition coefficient (Wildman–Crippen LogP) is 8.64. The van der Waals surface area contributed by atoms with E-state index in [9.17, 15) is 8.78 Å². The fraction of sp³-hybridized carbons (Fsp3) is 0.280. The maximum Gasteiger partial charge on any atom is 0.228 e. The zero-order chi connectivity index (χ0) is 45.1. The van der Waals surface area contributed by atoms with Crippen molar-refractivity contribution in [2.24, 2.45) is 11.5 Å². The van der Waals surface area contributed by atoms with Gasteiger partial charge in [-0.15, -0.1) is 0 Å². The highest BCUT2D eigenvalue weighted by atomic mass is 19.1. The van der Waals surface area contributed by atoms with E-state index in [0.29, 0.717) is 46.0 Å². The molecular weight excluding hydrogens is 835 g/mol. The number of anilines is 2. The molecule has 0 spiro atoms. The van der Waals surface area contributed by atoms with Gasteiger partial charge >= 0.3 is 0 Å². The number of hydrogen-bond donors (Lipinski definition) is 4. The maximum absolute atomic E-state index is 13.9. The molecule has 6 heterocycles. The standard InChI is InChI=1S/2C25H24FN7/c2*1-14(27)22-13-29-33-24(22)31-23(17-9-18(26)12-28-11-17)32-25(33)30-19-7-6-16-8-15-4-2-3-5-20(15)21(16)10-19/h2*2-5,9,11-14,19H,6-8,10,27H2,1H3,(H,30,31,32)/t14-,19+;14-,19-/m01/s1. The van der Waals surface area contributed by atoms with Gasteiger partial charge in [0.1, 0.15) is 11.6 Å². The summed E-state index contributed by atoms with van der Waals surface area (Å²) in [4.78, 5) is 26.7. The Labute approximate surface area is 379 Å². The zero-order valence-corrected chi connectivity index (χ0v) is 36.6. The molecule has 4 atom stereocenters. The van der Waals surface area contributed by atoms with Crippen molar-refractivity contribution in [3.8, 4) is 22.8 Å². The Morgan fingerprint density at radius 3 is 1.45 bits per heavy atom. The second kappa shape index (κ2) is 16.9. The van der Waals surface area contributed by atoms with Crippen LogP contribution in [0.5, 0.6) is 0 Å². The number of aromatic nitrogens is 10. The first-order valence-electron chi connectivity index (χ1n) is 22.5. The first kappa shape index (κ1) is 41.4. The lowest BCUT2D eigenvalue weighted by Gasteiger charge is -2.26. The summed E-state index contributed by atoms with van der Waals surface area (Å²) >= 11 is 0. The third kappa shape index (κ3) is 7.75. The third-order valence-corrected chi connectivity index (χ3v) is 13.2. The van der Waals surface area contributed by atoms with Gasteiger partial charge in [0.05, 0.1) is 24.8 Å². The first-order valence-corrected chi connectivity index (χ1v) is 22.5. The average molecular weight is 883 g/mol. The lowest BCUT2D eigenvalue weighted by molar-refractivity contribution is 0.621. The molecule has 0 amide bonds. The highest BCUT2D eigenvalue weighted by Crippen LogP contribution is 2.43. The summed E-state index contributed by atoms with van der Waals surface area (Å²) in [5.41, 5.74) is 27.8. The molecule has 4 aliphatic rings. The highest BCUT2D eigenvalue weighted by Gasteiger charge is 2.31. The van der Waals surface area contributed by atoms with Crippen LogP contribution in [-0.4, -0.2) is 61.2 Å². The SMILES string of the molecule is C[C@@H](N)c1cnn2c(N[C@@H]3CCC4=C(C3)c3ccccc3C4)nc(-c3cncc(F)c3)nc12.C[C@H](N)c1cnn2c(N[C@@H]3CCC4=C(C3)c3ccccc3C4)nc(-c3cncc(F)c3)nc12. The summed E-state index contributed by atoms with van der Waals surface area (Å²) in [6.07, 6.45) is 17.0. The molecule has 0 unspecified atom stereocenters. The zero-order valence-electron chi connectivity index (χ0n) is 36.6. The summed E-state index contributed by atoms with van der Waals surface area (Å²) in [7, 11) is 0. The van der Waals surface area contributed by atoms with Crippen molar-refractivity contribution in [2.45, 2.75) is 89.4 Å². The van der Waals surface area contributed by atoms with Crippen molar-refractivity contribution in [2.75, 3.05) is 10.6 Å². The van der Waals surface area contributed by atoms with E-state index in [1.54, 1.807) is 45.0 Å². The van der Waals surface area contributed by atoms with Gasteiger partial charge < -0.3 is 22.1 Å². The predicted molar refractivity (Wildman–Crippen MR) is 250 cm³/mol. The van der Waals surface area contributed by atoms with E-state index in [-0.39, 0.29) is 24.2 Å². The minimum Gasteiger partial charge on any atom is -0.351 e. The number of nitrogens with two attached hydrogens (primary N) is 2. The molecule has 14 nitrogen and oxygen atoms in total. The van der Waals surface area contributed by atoms with Crippen molar-refractivity contribution in [1.82, 2.24) is 49.1 Å². The van der Waals surface area contributed by atoms with E-state index in [1.165, 1.54) is 57.9 Å². The lowest BCUT2D eigenvalue weighted by Crippen LogP contribution is -2.25. The van der Waals surface area contributed by atoms with Crippen LogP contribution in [0.2, 0.25) is 0 Å². The largest absolute Gasteiger partial charge is 0.351 e. The van der Waals surface area contributed by atoms with Crippen molar-refractivity contribution in [3.05, 3.63) is 154 Å². The minimum atomic E-state index is -0.432. The Morgan fingerprint density at radius 1 is 0.591 bits per heavy atom. The fourth-order valence-electron chi connectivity index (χ4n) is 9.93. The first-order chi connectivity index (χ1) is 32.1. The smallest absolute Gasteiger partial charge is 0.228 e. The van der Waals surface area contributed by atoms with Crippen LogP contribution in [0.15, 0.2) is 109 Å². The molecule has 0 bridgehead atoms. The summed E-state index contributed by atoms with van der Waals surface area (Å²) in [6.45, 7) is 3.78. The van der Waals surface area contributed by atoms with Gasteiger partial charge in [-0.1, -0.05) is 59.7 Å². The van der Waals surface area contributed by atoms with Gasteiger partial charge in [-0.3, -0.25) is 9.97 Å². The molecule has 12 rings (SSSR count). The molecule has 66 heavy (non-hydrogen) atoms. The van der Waals surface area contributed by atoms with Gasteiger partial charge in [-0.05, 0) is 111 Å². The number of rotatable bonds is 8. The van der Waals surface area contributed by atoms with E-state index in [4.69, 9.17) is 21.4 Å². The summed E-state index contributed by atoms with van der Waals surface area (Å²) in [5, 5.41) is 16.2. The number of hydrogen-bond acceptors (Lipinski definition) is 12. The van der Waals surface area contributed by atoms with Crippen molar-refractivity contribution in [3.63, 3.8) is 0 Å². The Balaban J connectivity index is 0.000000146. The van der Waals surface area contributed by atoms with Crippen LogP contribution in [0.4, 0.5) is 20.7 Å². The van der Waals surface area contributed by atoms with Crippen molar-refractivity contribution < 1.29 is 8.78 Å². The Morgan fingerprint density at radius 2 is 1.03 bits per heavy atom. The molecular formula is C50H48F2N14. The van der Waals surface area contributed by atoms with E-state index in [1.807, 2.05) is 13.8 Å². The Bertz CT molecular complexity index is 3030. The van der Waals surface area contributed by atoms with Crippen molar-refractivity contribution in [1.29, 1.82) is 0 Å². The van der Waals surface area contributed by atoms with E-state index in [0.717, 1.165) is 62.5 Å². The van der Waals surface area contributed by atoms with Crippen LogP contribution in [0, 0.1) is 11.6 Å². The van der Waals surface area contributed by atoms with Gasteiger partial charge in [0.25, 0.3) is 0 Å². The molecule has 0 saturated carbocycles. The Hall–Kier alpha value is -7.30. The molecule has 4 aliphatic carbocycles. The molecule has 0 aliphatic heterocycles. The molecule has 0 saturated heterocycles. The van der Waals surface area contributed by atoms with Crippen LogP contribution < -0.4 is 22.1 Å². The van der Waals surface area contributed by atoms with Crippen LogP contribution in [0.3, 0.4) is 0 Å². The number of allylic oxidation sites excluding steroid dienone is 2. The maximum atomic E-state index is 13.9. The molecule has 332 valence electrons. The van der Waals surface area contributed by atoms with Gasteiger partial charge in [0.2, 0.25) is 11.9 Å². The normalized spacial score (nSPS) is 18.3. The van der Waals surface area contributed by atoms with Crippen LogP contribution in [-0.2, 0) is 12.8 Å². The molecule has 8 aromatic rings. The van der Waals surface area contributed by atoms with Gasteiger partial charge in [-0.25, -0.2) is 18.7 Å². The minimum absolute atomic E-state index is 0.203. The van der Waals surface area contributed by atoms with Gasteiger partial charge in [-0.2, -0.15) is 29.2 Å². The second-order valence-corrected chi connectivity index (χ2v) is 17.8. The number of nitrogens with one attached hydrogen (secondary N) is 2. The van der Waals surface area contributed by atoms with Gasteiger partial charge in [0, 0.05) is 58.8 Å². The van der Waals surface area contributed by atoms with E-state index < -0.39 is 11.6 Å². The van der Waals surface area contributed by atoms with E-state index in [2.05, 4.69) is 89.3 Å². The highest BCUT2D eigenvalue weighted by molar-refractivity contribution is 5.79. The lowest BCUT2D eigenvalue weighted by atomic mass is 9.88. The summed E-state index contributed by atoms with van der Waals surface area (Å²) in [6, 6.07) is 20.0. The van der Waals surface area contributed by atoms with E-state index >= 15 is 0 Å². The third-order valence-electron chi connectivity index (χ3n) is 13.2. The second-order valence-electron chi connectivity index (χ2n) is 17.8. The average Bonchev–Trinajstić information content (AvgIpc) is 4.12. The topological polar surface area (TPSA) is 188 Å². The molecule has 0 fully saturated rings. The molecule has 0 radical (unpaired) electrons.